The van der Waals surface area contributed by atoms with Crippen molar-refractivity contribution < 1.29 is 18.3 Å². The lowest BCUT2D eigenvalue weighted by molar-refractivity contribution is 0.0929. The molecule has 31 heavy (non-hydrogen) atoms. The molecule has 0 aliphatic heterocycles. The maximum absolute atomic E-state index is 13.1. The van der Waals surface area contributed by atoms with E-state index < -0.39 is 5.91 Å². The van der Waals surface area contributed by atoms with Crippen molar-refractivity contribution in [3.8, 4) is 5.75 Å². The van der Waals surface area contributed by atoms with Crippen LogP contribution in [0.15, 0.2) is 80.7 Å². The highest BCUT2D eigenvalue weighted by atomic mass is 79.9. The largest absolute Gasteiger partial charge is 0.488 e. The van der Waals surface area contributed by atoms with Crippen LogP contribution in [-0.4, -0.2) is 12.1 Å². The zero-order chi connectivity index (χ0) is 21.8. The lowest BCUT2D eigenvalue weighted by Gasteiger charge is -2.09. The Hall–Kier alpha value is -3.16. The average Bonchev–Trinajstić information content (AvgIpc) is 3.17. The Balaban J connectivity index is 1.45. The molecule has 1 heterocycles. The number of ether oxygens (including phenoxy) is 1. The minimum Gasteiger partial charge on any atom is -0.488 e. The first-order valence-corrected chi connectivity index (χ1v) is 10.3. The Morgan fingerprint density at radius 3 is 2.74 bits per heavy atom. The fraction of sp³-hybridized carbons (Fsp3) is 0.0435. The van der Waals surface area contributed by atoms with E-state index in [4.69, 9.17) is 20.8 Å². The SMILES string of the molecule is O=C(N/N=C/c1cc(Br)ccc1OCc1ccc(F)cc1)c1cc2cc(Cl)ccc2o1. The van der Waals surface area contributed by atoms with Crippen molar-refractivity contribution in [3.05, 3.63) is 98.9 Å². The van der Waals surface area contributed by atoms with Crippen molar-refractivity contribution in [2.24, 2.45) is 5.10 Å². The van der Waals surface area contributed by atoms with Crippen molar-refractivity contribution in [1.82, 2.24) is 5.43 Å². The smallest absolute Gasteiger partial charge is 0.307 e. The van der Waals surface area contributed by atoms with E-state index in [1.807, 2.05) is 6.07 Å². The number of benzene rings is 3. The van der Waals surface area contributed by atoms with Crippen molar-refractivity contribution in [1.29, 1.82) is 0 Å². The van der Waals surface area contributed by atoms with Gasteiger partial charge in [0.1, 0.15) is 23.8 Å². The number of rotatable bonds is 6. The molecule has 5 nitrogen and oxygen atoms in total. The van der Waals surface area contributed by atoms with Gasteiger partial charge in [0, 0.05) is 20.4 Å². The number of halogens is 3. The van der Waals surface area contributed by atoms with E-state index in [2.05, 4.69) is 26.5 Å². The third-order valence-corrected chi connectivity index (χ3v) is 5.08. The van der Waals surface area contributed by atoms with Gasteiger partial charge in [0.25, 0.3) is 0 Å². The highest BCUT2D eigenvalue weighted by Crippen LogP contribution is 2.24. The Labute approximate surface area is 190 Å². The van der Waals surface area contributed by atoms with Gasteiger partial charge >= 0.3 is 5.91 Å². The number of hydrogen-bond acceptors (Lipinski definition) is 4. The van der Waals surface area contributed by atoms with Gasteiger partial charge in [-0.3, -0.25) is 4.79 Å². The number of nitrogens with one attached hydrogen (secondary N) is 1. The molecule has 0 saturated heterocycles. The summed E-state index contributed by atoms with van der Waals surface area (Å²) in [6.07, 6.45) is 1.47. The molecule has 0 radical (unpaired) electrons. The van der Waals surface area contributed by atoms with Crippen LogP contribution in [0.5, 0.6) is 5.75 Å². The van der Waals surface area contributed by atoms with Gasteiger partial charge in [0.05, 0.1) is 6.21 Å². The van der Waals surface area contributed by atoms with Gasteiger partial charge in [0.2, 0.25) is 0 Å². The van der Waals surface area contributed by atoms with E-state index in [1.54, 1.807) is 48.5 Å². The molecule has 0 atom stereocenters. The Bertz CT molecular complexity index is 1270. The molecule has 0 bridgehead atoms. The number of nitrogens with zero attached hydrogens (tertiary/aromatic N) is 1. The highest BCUT2D eigenvalue weighted by Gasteiger charge is 2.12. The predicted octanol–water partition coefficient (Wildman–Crippen LogP) is 6.33. The molecule has 0 saturated carbocycles. The van der Waals surface area contributed by atoms with E-state index in [1.165, 1.54) is 18.3 Å². The topological polar surface area (TPSA) is 63.8 Å². The maximum Gasteiger partial charge on any atom is 0.307 e. The molecule has 4 rings (SSSR count). The average molecular weight is 502 g/mol. The molecule has 8 heteroatoms. The highest BCUT2D eigenvalue weighted by molar-refractivity contribution is 9.10. The Morgan fingerprint density at radius 1 is 1.13 bits per heavy atom. The zero-order valence-electron chi connectivity index (χ0n) is 15.9. The fourth-order valence-electron chi connectivity index (χ4n) is 2.84. The standard InChI is InChI=1S/C23H15BrClFN2O3/c24-17-3-7-20(30-13-14-1-5-19(26)6-2-14)16(9-17)12-27-28-23(29)22-11-15-10-18(25)4-8-21(15)31-22/h1-12H,13H2,(H,28,29)/b27-12+. The summed E-state index contributed by atoms with van der Waals surface area (Å²) in [4.78, 5) is 12.4. The molecule has 3 aromatic carbocycles. The third kappa shape index (κ3) is 5.31. The van der Waals surface area contributed by atoms with E-state index >= 15 is 0 Å². The van der Waals surface area contributed by atoms with Crippen LogP contribution < -0.4 is 10.2 Å². The molecule has 0 fully saturated rings. The summed E-state index contributed by atoms with van der Waals surface area (Å²) < 4.78 is 25.2. The summed E-state index contributed by atoms with van der Waals surface area (Å²) in [5.74, 6) is -0.115. The second-order valence-electron chi connectivity index (χ2n) is 6.59. The lowest BCUT2D eigenvalue weighted by atomic mass is 10.2. The minimum absolute atomic E-state index is 0.122. The minimum atomic E-state index is -0.493. The number of amides is 1. The van der Waals surface area contributed by atoms with Gasteiger partial charge in [-0.2, -0.15) is 5.10 Å². The molecule has 0 aliphatic rings. The predicted molar refractivity (Wildman–Crippen MR) is 121 cm³/mol. The molecule has 4 aromatic rings. The van der Waals surface area contributed by atoms with Crippen molar-refractivity contribution in [2.75, 3.05) is 0 Å². The number of hydrogen-bond donors (Lipinski definition) is 1. The summed E-state index contributed by atoms with van der Waals surface area (Å²) in [7, 11) is 0. The van der Waals surface area contributed by atoms with Gasteiger partial charge in [-0.05, 0) is 60.2 Å². The van der Waals surface area contributed by atoms with Crippen LogP contribution in [0.1, 0.15) is 21.7 Å². The van der Waals surface area contributed by atoms with Gasteiger partial charge in [-0.1, -0.05) is 39.7 Å². The molecule has 156 valence electrons. The monoisotopic (exact) mass is 500 g/mol. The molecule has 1 aromatic heterocycles. The van der Waals surface area contributed by atoms with Crippen molar-refractivity contribution in [3.63, 3.8) is 0 Å². The Kier molecular flexibility index (Phi) is 6.34. The number of carbonyl (C=O) groups is 1. The van der Waals surface area contributed by atoms with Crippen LogP contribution in [0.2, 0.25) is 5.02 Å². The van der Waals surface area contributed by atoms with E-state index in [0.29, 0.717) is 21.9 Å². The first-order valence-electron chi connectivity index (χ1n) is 9.17. The maximum atomic E-state index is 13.1. The molecule has 1 amide bonds. The summed E-state index contributed by atoms with van der Waals surface area (Å²) >= 11 is 9.37. The summed E-state index contributed by atoms with van der Waals surface area (Å²) in [5.41, 5.74) is 4.47. The molecule has 0 unspecified atom stereocenters. The van der Waals surface area contributed by atoms with Gasteiger partial charge in [0.15, 0.2) is 5.76 Å². The molecule has 0 spiro atoms. The van der Waals surface area contributed by atoms with Crippen molar-refractivity contribution >= 4 is 50.6 Å². The second-order valence-corrected chi connectivity index (χ2v) is 7.94. The number of carbonyl (C=O) groups excluding carboxylic acids is 1. The molecular weight excluding hydrogens is 487 g/mol. The van der Waals surface area contributed by atoms with E-state index in [0.717, 1.165) is 15.4 Å². The van der Waals surface area contributed by atoms with Gasteiger partial charge < -0.3 is 9.15 Å². The van der Waals surface area contributed by atoms with Gasteiger partial charge in [-0.25, -0.2) is 9.82 Å². The van der Waals surface area contributed by atoms with Crippen LogP contribution in [0.3, 0.4) is 0 Å². The molecule has 0 aliphatic carbocycles. The summed E-state index contributed by atoms with van der Waals surface area (Å²) in [6, 6.07) is 18.2. The Morgan fingerprint density at radius 2 is 1.94 bits per heavy atom. The van der Waals surface area contributed by atoms with Crippen LogP contribution in [0.25, 0.3) is 11.0 Å². The summed E-state index contributed by atoms with van der Waals surface area (Å²) in [5, 5.41) is 5.30. The second kappa shape index (κ2) is 9.32. The molecule has 1 N–H and O–H groups in total. The fourth-order valence-corrected chi connectivity index (χ4v) is 3.39. The summed E-state index contributed by atoms with van der Waals surface area (Å²) in [6.45, 7) is 0.261. The quantitative estimate of drug-likeness (QED) is 0.248. The zero-order valence-corrected chi connectivity index (χ0v) is 18.3. The van der Waals surface area contributed by atoms with E-state index in [-0.39, 0.29) is 18.2 Å². The number of furan rings is 1. The third-order valence-electron chi connectivity index (χ3n) is 4.35. The normalized spacial score (nSPS) is 11.2. The van der Waals surface area contributed by atoms with Crippen LogP contribution in [-0.2, 0) is 6.61 Å². The van der Waals surface area contributed by atoms with Crippen LogP contribution in [0.4, 0.5) is 4.39 Å². The van der Waals surface area contributed by atoms with Crippen LogP contribution >= 0.6 is 27.5 Å². The first-order chi connectivity index (χ1) is 15.0. The first kappa shape index (κ1) is 21.1. The van der Waals surface area contributed by atoms with Crippen LogP contribution in [0, 0.1) is 5.82 Å². The lowest BCUT2D eigenvalue weighted by Crippen LogP contribution is -2.16. The van der Waals surface area contributed by atoms with Crippen molar-refractivity contribution in [2.45, 2.75) is 6.61 Å². The van der Waals surface area contributed by atoms with Gasteiger partial charge in [-0.15, -0.1) is 0 Å². The molecular formula is C23H15BrClFN2O3. The van der Waals surface area contributed by atoms with E-state index in [9.17, 15) is 9.18 Å². The number of hydrazone groups is 1. The number of fused-ring (bicyclic) bond motifs is 1.